The Morgan fingerprint density at radius 3 is 2.50 bits per heavy atom. The number of rotatable bonds is 6. The van der Waals surface area contributed by atoms with Gasteiger partial charge in [0.2, 0.25) is 0 Å². The topological polar surface area (TPSA) is 72.5 Å². The van der Waals surface area contributed by atoms with Gasteiger partial charge >= 0.3 is 12.1 Å². The van der Waals surface area contributed by atoms with Gasteiger partial charge in [0.25, 0.3) is 5.91 Å². The van der Waals surface area contributed by atoms with Gasteiger partial charge in [-0.1, -0.05) is 30.7 Å². The molecule has 10 heteroatoms. The number of ether oxygens (including phenoxy) is 1. The molecular weight excluding hydrogens is 419 g/mol. The number of amides is 1. The van der Waals surface area contributed by atoms with E-state index >= 15 is 0 Å². The van der Waals surface area contributed by atoms with E-state index in [9.17, 15) is 27.0 Å². The van der Waals surface area contributed by atoms with E-state index in [4.69, 9.17) is 16.3 Å². The first-order valence-corrected chi connectivity index (χ1v) is 9.64. The van der Waals surface area contributed by atoms with E-state index < -0.39 is 46.7 Å². The van der Waals surface area contributed by atoms with Crippen molar-refractivity contribution in [2.45, 2.75) is 18.0 Å². The smallest absolute Gasteiger partial charge is 0.418 e. The average molecular weight is 434 g/mol. The molecule has 2 rings (SSSR count). The number of nitrogens with one attached hydrogen (secondary N) is 1. The molecule has 1 atom stereocenters. The molecule has 0 saturated carbocycles. The summed E-state index contributed by atoms with van der Waals surface area (Å²) in [6, 6.07) is 8.91. The Kier molecular flexibility index (Phi) is 7.20. The van der Waals surface area contributed by atoms with Crippen LogP contribution in [0.25, 0.3) is 0 Å². The van der Waals surface area contributed by atoms with Crippen molar-refractivity contribution >= 4 is 40.0 Å². The van der Waals surface area contributed by atoms with Crippen molar-refractivity contribution < 1.29 is 31.7 Å². The van der Waals surface area contributed by atoms with Crippen molar-refractivity contribution in [3.63, 3.8) is 0 Å². The van der Waals surface area contributed by atoms with Crippen LogP contribution in [0.4, 0.5) is 18.9 Å². The molecule has 0 aliphatic carbocycles. The highest BCUT2D eigenvalue weighted by molar-refractivity contribution is 7.85. The molecule has 0 aliphatic heterocycles. The summed E-state index contributed by atoms with van der Waals surface area (Å²) >= 11 is 5.58. The molecule has 0 saturated heterocycles. The number of hydrogen-bond acceptors (Lipinski definition) is 4. The zero-order valence-electron chi connectivity index (χ0n) is 14.5. The van der Waals surface area contributed by atoms with Crippen LogP contribution in [0.2, 0.25) is 5.02 Å². The van der Waals surface area contributed by atoms with Gasteiger partial charge in [0.05, 0.1) is 32.5 Å². The predicted octanol–water partition coefficient (Wildman–Crippen LogP) is 4.28. The first-order valence-electron chi connectivity index (χ1n) is 7.94. The van der Waals surface area contributed by atoms with Crippen molar-refractivity contribution in [3.8, 4) is 0 Å². The van der Waals surface area contributed by atoms with Crippen LogP contribution in [0.15, 0.2) is 47.4 Å². The van der Waals surface area contributed by atoms with Crippen molar-refractivity contribution in [2.75, 3.05) is 17.7 Å². The summed E-state index contributed by atoms with van der Waals surface area (Å²) in [6.45, 7) is 0.863. The number of alkyl halides is 3. The fraction of sp³-hybridized carbons (Fsp3) is 0.222. The van der Waals surface area contributed by atoms with Gasteiger partial charge in [0, 0.05) is 10.8 Å². The van der Waals surface area contributed by atoms with Gasteiger partial charge < -0.3 is 10.1 Å². The van der Waals surface area contributed by atoms with Gasteiger partial charge in [-0.05, 0) is 30.3 Å². The SMILES string of the molecule is CCS(=O)c1ccccc1C(=O)OCC(=O)Nc1ccc(Cl)cc1C(F)(F)F. The van der Waals surface area contributed by atoms with E-state index in [0.717, 1.165) is 6.07 Å². The molecule has 0 aromatic heterocycles. The number of anilines is 1. The van der Waals surface area contributed by atoms with Gasteiger partial charge in [-0.25, -0.2) is 4.79 Å². The number of carbonyl (C=O) groups is 2. The van der Waals surface area contributed by atoms with Crippen LogP contribution in [0.3, 0.4) is 0 Å². The third-order valence-corrected chi connectivity index (χ3v) is 5.12. The van der Waals surface area contributed by atoms with Gasteiger partial charge in [0.1, 0.15) is 0 Å². The minimum absolute atomic E-state index is 0.0259. The second kappa shape index (κ2) is 9.20. The maximum Gasteiger partial charge on any atom is 0.418 e. The minimum atomic E-state index is -4.73. The standard InChI is InChI=1S/C18H15ClF3NO4S/c1-2-28(26)15-6-4-3-5-12(15)17(25)27-10-16(24)23-14-8-7-11(19)9-13(14)18(20,21)22/h3-9H,2,10H2,1H3,(H,23,24). The molecule has 0 fully saturated rings. The Balaban J connectivity index is 2.08. The van der Waals surface area contributed by atoms with Gasteiger partial charge in [-0.15, -0.1) is 0 Å². The second-order valence-corrected chi connectivity index (χ2v) is 7.59. The van der Waals surface area contributed by atoms with E-state index in [0.29, 0.717) is 6.07 Å². The molecule has 0 radical (unpaired) electrons. The Hall–Kier alpha value is -2.39. The third-order valence-electron chi connectivity index (χ3n) is 3.51. The largest absolute Gasteiger partial charge is 0.452 e. The Morgan fingerprint density at radius 1 is 1.18 bits per heavy atom. The summed E-state index contributed by atoms with van der Waals surface area (Å²) in [5.41, 5.74) is -1.60. The molecule has 2 aromatic carbocycles. The first kappa shape index (κ1) is 21.9. The molecule has 1 N–H and O–H groups in total. The lowest BCUT2D eigenvalue weighted by atomic mass is 10.1. The van der Waals surface area contributed by atoms with Crippen LogP contribution < -0.4 is 5.32 Å². The van der Waals surface area contributed by atoms with E-state index in [1.165, 1.54) is 24.3 Å². The summed E-state index contributed by atoms with van der Waals surface area (Å²) in [5, 5.41) is 1.90. The number of hydrogen-bond donors (Lipinski definition) is 1. The van der Waals surface area contributed by atoms with Crippen LogP contribution in [0.5, 0.6) is 0 Å². The molecule has 1 amide bonds. The van der Waals surface area contributed by atoms with Crippen molar-refractivity contribution in [1.82, 2.24) is 0 Å². The summed E-state index contributed by atoms with van der Waals surface area (Å²) in [4.78, 5) is 24.4. The fourth-order valence-electron chi connectivity index (χ4n) is 2.24. The van der Waals surface area contributed by atoms with Crippen molar-refractivity contribution in [2.24, 2.45) is 0 Å². The lowest BCUT2D eigenvalue weighted by molar-refractivity contribution is -0.137. The van der Waals surface area contributed by atoms with E-state index in [-0.39, 0.29) is 21.2 Å². The third kappa shape index (κ3) is 5.56. The van der Waals surface area contributed by atoms with Crippen LogP contribution in [0.1, 0.15) is 22.8 Å². The summed E-state index contributed by atoms with van der Waals surface area (Å²) in [6.07, 6.45) is -4.73. The van der Waals surface area contributed by atoms with Crippen LogP contribution in [-0.2, 0) is 26.5 Å². The summed E-state index contributed by atoms with van der Waals surface area (Å²) in [5.74, 6) is -1.59. The molecule has 0 bridgehead atoms. The molecule has 0 aliphatic rings. The highest BCUT2D eigenvalue weighted by atomic mass is 35.5. The van der Waals surface area contributed by atoms with Crippen molar-refractivity contribution in [3.05, 3.63) is 58.6 Å². The maximum atomic E-state index is 13.0. The molecule has 0 spiro atoms. The van der Waals surface area contributed by atoms with E-state index in [1.54, 1.807) is 13.0 Å². The fourth-order valence-corrected chi connectivity index (χ4v) is 3.35. The summed E-state index contributed by atoms with van der Waals surface area (Å²) < 4.78 is 56.0. The molecule has 0 heterocycles. The Morgan fingerprint density at radius 2 is 1.86 bits per heavy atom. The maximum absolute atomic E-state index is 13.0. The van der Waals surface area contributed by atoms with Crippen molar-refractivity contribution in [1.29, 1.82) is 0 Å². The molecular formula is C18H15ClF3NO4S. The molecule has 28 heavy (non-hydrogen) atoms. The van der Waals surface area contributed by atoms with E-state index in [1.807, 2.05) is 5.32 Å². The molecule has 2 aromatic rings. The first-order chi connectivity index (χ1) is 13.1. The van der Waals surface area contributed by atoms with Crippen LogP contribution in [0, 0.1) is 0 Å². The highest BCUT2D eigenvalue weighted by Gasteiger charge is 2.34. The predicted molar refractivity (Wildman–Crippen MR) is 98.8 cm³/mol. The van der Waals surface area contributed by atoms with Gasteiger partial charge in [-0.2, -0.15) is 13.2 Å². The quantitative estimate of drug-likeness (QED) is 0.690. The number of esters is 1. The Bertz CT molecular complexity index is 918. The monoisotopic (exact) mass is 433 g/mol. The normalized spacial score (nSPS) is 12.3. The summed E-state index contributed by atoms with van der Waals surface area (Å²) in [7, 11) is -1.42. The lowest BCUT2D eigenvalue weighted by Gasteiger charge is -2.14. The zero-order chi connectivity index (χ0) is 20.9. The molecule has 150 valence electrons. The average Bonchev–Trinajstić information content (AvgIpc) is 2.66. The van der Waals surface area contributed by atoms with Gasteiger partial charge in [0.15, 0.2) is 6.61 Å². The number of carbonyl (C=O) groups excluding carboxylic acids is 2. The van der Waals surface area contributed by atoms with Gasteiger partial charge in [-0.3, -0.25) is 9.00 Å². The lowest BCUT2D eigenvalue weighted by Crippen LogP contribution is -2.23. The number of halogens is 4. The highest BCUT2D eigenvalue weighted by Crippen LogP contribution is 2.36. The minimum Gasteiger partial charge on any atom is -0.452 e. The number of benzene rings is 2. The second-order valence-electron chi connectivity index (χ2n) is 5.44. The van der Waals surface area contributed by atoms with Crippen LogP contribution >= 0.6 is 11.6 Å². The molecule has 5 nitrogen and oxygen atoms in total. The van der Waals surface area contributed by atoms with Crippen LogP contribution in [-0.4, -0.2) is 28.4 Å². The Labute approximate surface area is 166 Å². The zero-order valence-corrected chi connectivity index (χ0v) is 16.1. The molecule has 1 unspecified atom stereocenters. The van der Waals surface area contributed by atoms with E-state index in [2.05, 4.69) is 0 Å².